The number of carbonyl (C=O) groups excluding carboxylic acids is 1. The second-order valence-electron chi connectivity index (χ2n) is 4.96. The van der Waals surface area contributed by atoms with Crippen molar-refractivity contribution in [3.63, 3.8) is 0 Å². The third-order valence-corrected chi connectivity index (χ3v) is 3.49. The topological polar surface area (TPSA) is 55.6 Å². The zero-order chi connectivity index (χ0) is 15.5. The lowest BCUT2D eigenvalue weighted by Crippen LogP contribution is -2.47. The van der Waals surface area contributed by atoms with Crippen LogP contribution in [0.3, 0.4) is 0 Å². The zero-order valence-electron chi connectivity index (χ0n) is 11.8. The van der Waals surface area contributed by atoms with Gasteiger partial charge in [0.2, 0.25) is 0 Å². The Kier molecular flexibility index (Phi) is 6.49. The molecule has 1 amide bonds. The molecule has 0 radical (unpaired) electrons. The molecule has 1 aliphatic heterocycles. The summed E-state index contributed by atoms with van der Waals surface area (Å²) in [5.74, 6) is -0.545. The quantitative estimate of drug-likeness (QED) is 0.922. The van der Waals surface area contributed by atoms with Crippen molar-refractivity contribution in [2.24, 2.45) is 5.73 Å². The molecule has 2 N–H and O–H groups in total. The van der Waals surface area contributed by atoms with Crippen molar-refractivity contribution in [2.45, 2.75) is 31.7 Å². The molecule has 1 aliphatic rings. The summed E-state index contributed by atoms with van der Waals surface area (Å²) in [5, 5.41) is 0. The van der Waals surface area contributed by atoms with Crippen molar-refractivity contribution in [1.82, 2.24) is 4.90 Å². The van der Waals surface area contributed by atoms with Crippen LogP contribution in [0.1, 0.15) is 29.6 Å². The number of likely N-dealkylation sites (tertiary alicyclic amines) is 1. The highest BCUT2D eigenvalue weighted by Gasteiger charge is 2.31. The highest BCUT2D eigenvalue weighted by Crippen LogP contribution is 2.24. The van der Waals surface area contributed by atoms with Crippen LogP contribution in [0, 0.1) is 0 Å². The molecule has 124 valence electrons. The Morgan fingerprint density at radius 1 is 1.27 bits per heavy atom. The minimum atomic E-state index is -4.73. The van der Waals surface area contributed by atoms with Crippen LogP contribution in [0.15, 0.2) is 24.3 Å². The lowest BCUT2D eigenvalue weighted by molar-refractivity contribution is -0.274. The first-order valence-electron chi connectivity index (χ1n) is 6.77. The number of nitrogens with two attached hydrogens (primary N) is 1. The third kappa shape index (κ3) is 4.78. The molecule has 22 heavy (non-hydrogen) atoms. The number of ether oxygens (including phenoxy) is 1. The van der Waals surface area contributed by atoms with Gasteiger partial charge >= 0.3 is 6.36 Å². The van der Waals surface area contributed by atoms with Crippen LogP contribution in [0.25, 0.3) is 0 Å². The molecule has 1 heterocycles. The maximum atomic E-state index is 12.4. The van der Waals surface area contributed by atoms with Gasteiger partial charge in [-0.15, -0.1) is 25.6 Å². The summed E-state index contributed by atoms with van der Waals surface area (Å²) in [6.07, 6.45) is -1.93. The van der Waals surface area contributed by atoms with Crippen molar-refractivity contribution in [1.29, 1.82) is 0 Å². The van der Waals surface area contributed by atoms with E-state index in [-0.39, 0.29) is 30.1 Å². The number of hydrogen-bond acceptors (Lipinski definition) is 3. The predicted octanol–water partition coefficient (Wildman–Crippen LogP) is 2.96. The maximum absolute atomic E-state index is 12.4. The number of piperidine rings is 1. The molecule has 0 bridgehead atoms. The third-order valence-electron chi connectivity index (χ3n) is 3.49. The Morgan fingerprint density at radius 2 is 1.91 bits per heavy atom. The van der Waals surface area contributed by atoms with E-state index < -0.39 is 6.36 Å². The van der Waals surface area contributed by atoms with E-state index in [4.69, 9.17) is 5.73 Å². The molecule has 0 aliphatic carbocycles. The van der Waals surface area contributed by atoms with Crippen LogP contribution < -0.4 is 10.5 Å². The fourth-order valence-electron chi connectivity index (χ4n) is 2.48. The molecular formula is C14H18ClF3N2O2. The number of nitrogens with zero attached hydrogens (tertiary/aromatic N) is 1. The average Bonchev–Trinajstić information content (AvgIpc) is 2.45. The highest BCUT2D eigenvalue weighted by atomic mass is 35.5. The van der Waals surface area contributed by atoms with E-state index in [0.717, 1.165) is 31.4 Å². The van der Waals surface area contributed by atoms with Crippen LogP contribution in [0.5, 0.6) is 5.75 Å². The van der Waals surface area contributed by atoms with E-state index in [2.05, 4.69) is 4.74 Å². The van der Waals surface area contributed by atoms with E-state index in [1.807, 2.05) is 0 Å². The first-order valence-corrected chi connectivity index (χ1v) is 6.77. The Hall–Kier alpha value is -1.47. The van der Waals surface area contributed by atoms with Gasteiger partial charge < -0.3 is 15.4 Å². The van der Waals surface area contributed by atoms with Gasteiger partial charge in [-0.1, -0.05) is 0 Å². The number of rotatable bonds is 3. The SMILES string of the molecule is Cl.NCC1CCCCN1C(=O)c1ccc(OC(F)(F)F)cc1. The van der Waals surface area contributed by atoms with E-state index >= 15 is 0 Å². The molecule has 0 saturated carbocycles. The van der Waals surface area contributed by atoms with Crippen molar-refractivity contribution in [3.05, 3.63) is 29.8 Å². The minimum Gasteiger partial charge on any atom is -0.406 e. The summed E-state index contributed by atoms with van der Waals surface area (Å²) < 4.78 is 40.0. The first-order chi connectivity index (χ1) is 9.90. The number of alkyl halides is 3. The van der Waals surface area contributed by atoms with E-state index in [9.17, 15) is 18.0 Å². The summed E-state index contributed by atoms with van der Waals surface area (Å²) >= 11 is 0. The molecule has 1 fully saturated rings. The van der Waals surface area contributed by atoms with Gasteiger partial charge in [0.1, 0.15) is 5.75 Å². The summed E-state index contributed by atoms with van der Waals surface area (Å²) in [6.45, 7) is 1.02. The molecule has 2 rings (SSSR count). The Balaban J connectivity index is 0.00000242. The van der Waals surface area contributed by atoms with Gasteiger partial charge in [0.05, 0.1) is 0 Å². The smallest absolute Gasteiger partial charge is 0.406 e. The molecule has 1 aromatic carbocycles. The van der Waals surface area contributed by atoms with E-state index in [0.29, 0.717) is 18.7 Å². The van der Waals surface area contributed by atoms with Crippen LogP contribution in [-0.4, -0.2) is 36.3 Å². The minimum absolute atomic E-state index is 0. The van der Waals surface area contributed by atoms with Crippen LogP contribution in [-0.2, 0) is 0 Å². The van der Waals surface area contributed by atoms with Crippen LogP contribution in [0.2, 0.25) is 0 Å². The van der Waals surface area contributed by atoms with E-state index in [1.165, 1.54) is 12.1 Å². The second-order valence-corrected chi connectivity index (χ2v) is 4.96. The molecule has 0 spiro atoms. The van der Waals surface area contributed by atoms with Gasteiger partial charge in [-0.3, -0.25) is 4.79 Å². The van der Waals surface area contributed by atoms with Gasteiger partial charge in [0.25, 0.3) is 5.91 Å². The largest absolute Gasteiger partial charge is 0.573 e. The standard InChI is InChI=1S/C14H17F3N2O2.ClH/c15-14(16,17)21-12-6-4-10(5-7-12)13(20)19-8-2-1-3-11(19)9-18;/h4-7,11H,1-3,8-9,18H2;1H. The van der Waals surface area contributed by atoms with Crippen molar-refractivity contribution in [2.75, 3.05) is 13.1 Å². The maximum Gasteiger partial charge on any atom is 0.573 e. The summed E-state index contributed by atoms with van der Waals surface area (Å²) in [4.78, 5) is 14.1. The molecule has 0 aromatic heterocycles. The number of benzene rings is 1. The number of hydrogen-bond donors (Lipinski definition) is 1. The first kappa shape index (κ1) is 18.6. The van der Waals surface area contributed by atoms with Crippen LogP contribution in [0.4, 0.5) is 13.2 Å². The number of carbonyl (C=O) groups is 1. The monoisotopic (exact) mass is 338 g/mol. The lowest BCUT2D eigenvalue weighted by atomic mass is 10.0. The van der Waals surface area contributed by atoms with Gasteiger partial charge in [0, 0.05) is 24.7 Å². The Labute approximate surface area is 132 Å². The van der Waals surface area contributed by atoms with Gasteiger partial charge in [0.15, 0.2) is 0 Å². The summed E-state index contributed by atoms with van der Waals surface area (Å²) in [5.41, 5.74) is 6.00. The molecule has 1 saturated heterocycles. The van der Waals surface area contributed by atoms with Crippen molar-refractivity contribution < 1.29 is 22.7 Å². The normalized spacial score (nSPS) is 18.5. The van der Waals surface area contributed by atoms with Gasteiger partial charge in [-0.2, -0.15) is 0 Å². The predicted molar refractivity (Wildman–Crippen MR) is 78.1 cm³/mol. The summed E-state index contributed by atoms with van der Waals surface area (Å²) in [6, 6.07) is 4.96. The number of halogens is 4. The van der Waals surface area contributed by atoms with Gasteiger partial charge in [-0.05, 0) is 43.5 Å². The molecular weight excluding hydrogens is 321 g/mol. The average molecular weight is 339 g/mol. The van der Waals surface area contributed by atoms with Crippen LogP contribution >= 0.6 is 12.4 Å². The second kappa shape index (κ2) is 7.69. The van der Waals surface area contributed by atoms with Crippen molar-refractivity contribution in [3.8, 4) is 5.75 Å². The Morgan fingerprint density at radius 3 is 2.45 bits per heavy atom. The molecule has 1 aromatic rings. The molecule has 8 heteroatoms. The molecule has 1 atom stereocenters. The van der Waals surface area contributed by atoms with Crippen molar-refractivity contribution >= 4 is 18.3 Å². The fourth-order valence-corrected chi connectivity index (χ4v) is 2.48. The number of amides is 1. The Bertz CT molecular complexity index is 494. The fraction of sp³-hybridized carbons (Fsp3) is 0.500. The molecule has 4 nitrogen and oxygen atoms in total. The highest BCUT2D eigenvalue weighted by molar-refractivity contribution is 5.94. The lowest BCUT2D eigenvalue weighted by Gasteiger charge is -2.35. The zero-order valence-corrected chi connectivity index (χ0v) is 12.6. The van der Waals surface area contributed by atoms with E-state index in [1.54, 1.807) is 4.90 Å². The molecule has 1 unspecified atom stereocenters. The van der Waals surface area contributed by atoms with Gasteiger partial charge in [-0.25, -0.2) is 0 Å². The summed E-state index contributed by atoms with van der Waals surface area (Å²) in [7, 11) is 0.